The first-order chi connectivity index (χ1) is 8.74. The number of nitrogens with one attached hydrogen (secondary N) is 2. The Morgan fingerprint density at radius 2 is 1.94 bits per heavy atom. The Morgan fingerprint density at radius 1 is 1.17 bits per heavy atom. The summed E-state index contributed by atoms with van der Waals surface area (Å²) in [6.07, 6.45) is 3.45. The Balaban J connectivity index is 1.82. The van der Waals surface area contributed by atoms with Crippen LogP contribution < -0.4 is 10.6 Å². The average molecular weight is 245 g/mol. The van der Waals surface area contributed by atoms with Gasteiger partial charge in [0.2, 0.25) is 0 Å². The van der Waals surface area contributed by atoms with Gasteiger partial charge in [0.25, 0.3) is 0 Å². The molecule has 0 aliphatic carbocycles. The van der Waals surface area contributed by atoms with Crippen LogP contribution in [0.15, 0.2) is 23.2 Å². The van der Waals surface area contributed by atoms with E-state index in [4.69, 9.17) is 0 Å². The molecule has 1 heterocycles. The monoisotopic (exact) mass is 245 g/mol. The Hall–Kier alpha value is -1.51. The van der Waals surface area contributed by atoms with E-state index in [0.717, 1.165) is 32.0 Å². The highest BCUT2D eigenvalue weighted by Crippen LogP contribution is 2.08. The lowest BCUT2D eigenvalue weighted by Gasteiger charge is -2.10. The molecule has 0 saturated heterocycles. The van der Waals surface area contributed by atoms with Crippen LogP contribution in [0.3, 0.4) is 0 Å². The van der Waals surface area contributed by atoms with Gasteiger partial charge >= 0.3 is 0 Å². The molecule has 2 N–H and O–H groups in total. The molecule has 98 valence electrons. The van der Waals surface area contributed by atoms with Crippen LogP contribution in [0.25, 0.3) is 0 Å². The molecule has 1 aliphatic heterocycles. The lowest BCUT2D eigenvalue weighted by Crippen LogP contribution is -2.38. The average Bonchev–Trinajstić information content (AvgIpc) is 2.56. The normalized spacial score (nSPS) is 15.6. The van der Waals surface area contributed by atoms with Crippen LogP contribution in [0, 0.1) is 13.8 Å². The molecule has 1 aliphatic rings. The molecule has 0 aromatic heterocycles. The predicted molar refractivity (Wildman–Crippen MR) is 77.2 cm³/mol. The Labute approximate surface area is 110 Å². The number of aryl methyl sites for hydroxylation is 2. The first-order valence-corrected chi connectivity index (χ1v) is 6.83. The fraction of sp³-hybridized carbons (Fsp3) is 0.533. The molecule has 2 rings (SSSR count). The number of hydrogen-bond acceptors (Lipinski definition) is 3. The molecule has 3 heteroatoms. The summed E-state index contributed by atoms with van der Waals surface area (Å²) in [5, 5.41) is 6.72. The van der Waals surface area contributed by atoms with Gasteiger partial charge in [-0.2, -0.15) is 0 Å². The molecule has 1 aromatic carbocycles. The van der Waals surface area contributed by atoms with Crippen LogP contribution in [0.4, 0.5) is 0 Å². The molecule has 0 amide bonds. The lowest BCUT2D eigenvalue weighted by atomic mass is 10.1. The van der Waals surface area contributed by atoms with Crippen molar-refractivity contribution in [3.8, 4) is 0 Å². The fourth-order valence-corrected chi connectivity index (χ4v) is 2.35. The maximum Gasteiger partial charge on any atom is 0.191 e. The van der Waals surface area contributed by atoms with Gasteiger partial charge in [0.1, 0.15) is 0 Å². The zero-order valence-corrected chi connectivity index (χ0v) is 11.4. The zero-order chi connectivity index (χ0) is 12.8. The molecule has 18 heavy (non-hydrogen) atoms. The summed E-state index contributed by atoms with van der Waals surface area (Å²) >= 11 is 0. The van der Waals surface area contributed by atoms with Crippen LogP contribution in [-0.2, 0) is 6.42 Å². The van der Waals surface area contributed by atoms with E-state index in [1.165, 1.54) is 29.5 Å². The summed E-state index contributed by atoms with van der Waals surface area (Å²) in [4.78, 5) is 4.48. The fourth-order valence-electron chi connectivity index (χ4n) is 2.35. The van der Waals surface area contributed by atoms with Crippen molar-refractivity contribution < 1.29 is 0 Å². The number of nitrogens with zero attached hydrogens (tertiary/aromatic N) is 1. The summed E-state index contributed by atoms with van der Waals surface area (Å²) in [5.41, 5.74) is 4.08. The summed E-state index contributed by atoms with van der Waals surface area (Å²) in [5.74, 6) is 0.969. The molecule has 0 spiro atoms. The molecule has 3 nitrogen and oxygen atoms in total. The molecule has 0 radical (unpaired) electrons. The number of hydrogen-bond donors (Lipinski definition) is 2. The standard InChI is InChI=1S/C15H23N3/c1-12-9-13(2)11-14(10-12)5-8-18-15-16-6-3-4-7-17-15/h9-11H,3-8H2,1-2H3,(H2,16,17,18). The van der Waals surface area contributed by atoms with Gasteiger partial charge < -0.3 is 10.6 Å². The molecule has 0 bridgehead atoms. The second kappa shape index (κ2) is 6.43. The van der Waals surface area contributed by atoms with Gasteiger partial charge in [-0.1, -0.05) is 29.3 Å². The van der Waals surface area contributed by atoms with Crippen molar-refractivity contribution >= 4 is 5.96 Å². The van der Waals surface area contributed by atoms with Crippen molar-refractivity contribution in [2.24, 2.45) is 4.99 Å². The maximum atomic E-state index is 4.48. The third-order valence-corrected chi connectivity index (χ3v) is 3.13. The molecule has 0 unspecified atom stereocenters. The van der Waals surface area contributed by atoms with Gasteiger partial charge in [-0.05, 0) is 38.7 Å². The van der Waals surface area contributed by atoms with Crippen molar-refractivity contribution in [3.63, 3.8) is 0 Å². The second-order valence-electron chi connectivity index (χ2n) is 5.04. The lowest BCUT2D eigenvalue weighted by molar-refractivity contribution is 0.741. The zero-order valence-electron chi connectivity index (χ0n) is 11.4. The third-order valence-electron chi connectivity index (χ3n) is 3.13. The summed E-state index contributed by atoms with van der Waals surface area (Å²) < 4.78 is 0. The minimum Gasteiger partial charge on any atom is -0.356 e. The highest BCUT2D eigenvalue weighted by atomic mass is 15.2. The van der Waals surface area contributed by atoms with E-state index in [2.05, 4.69) is 47.7 Å². The summed E-state index contributed by atoms with van der Waals surface area (Å²) in [6.45, 7) is 7.23. The van der Waals surface area contributed by atoms with Crippen molar-refractivity contribution in [2.75, 3.05) is 19.6 Å². The van der Waals surface area contributed by atoms with Crippen LogP contribution >= 0.6 is 0 Å². The number of aliphatic imine (C=N–C) groups is 1. The molecule has 0 saturated carbocycles. The van der Waals surface area contributed by atoms with Crippen molar-refractivity contribution in [1.82, 2.24) is 10.6 Å². The minimum atomic E-state index is 0.939. The third kappa shape index (κ3) is 4.06. The van der Waals surface area contributed by atoms with Crippen LogP contribution in [0.2, 0.25) is 0 Å². The number of guanidine groups is 1. The van der Waals surface area contributed by atoms with Gasteiger partial charge in [0, 0.05) is 19.6 Å². The van der Waals surface area contributed by atoms with Gasteiger partial charge in [-0.15, -0.1) is 0 Å². The highest BCUT2D eigenvalue weighted by molar-refractivity contribution is 5.79. The smallest absolute Gasteiger partial charge is 0.191 e. The van der Waals surface area contributed by atoms with Crippen LogP contribution in [-0.4, -0.2) is 25.6 Å². The molecule has 0 fully saturated rings. The molecule has 1 aromatic rings. The van der Waals surface area contributed by atoms with Gasteiger partial charge in [-0.3, -0.25) is 4.99 Å². The molecular weight excluding hydrogens is 222 g/mol. The first kappa shape index (κ1) is 12.9. The van der Waals surface area contributed by atoms with E-state index in [0.29, 0.717) is 0 Å². The second-order valence-corrected chi connectivity index (χ2v) is 5.04. The Bertz CT molecular complexity index is 403. The van der Waals surface area contributed by atoms with Gasteiger partial charge in [0.05, 0.1) is 0 Å². The predicted octanol–water partition coefficient (Wildman–Crippen LogP) is 2.17. The first-order valence-electron chi connectivity index (χ1n) is 6.83. The summed E-state index contributed by atoms with van der Waals surface area (Å²) in [7, 11) is 0. The van der Waals surface area contributed by atoms with E-state index in [-0.39, 0.29) is 0 Å². The van der Waals surface area contributed by atoms with E-state index < -0.39 is 0 Å². The van der Waals surface area contributed by atoms with Crippen molar-refractivity contribution in [1.29, 1.82) is 0 Å². The minimum absolute atomic E-state index is 0.939. The number of benzene rings is 1. The molecular formula is C15H23N3. The van der Waals surface area contributed by atoms with Crippen LogP contribution in [0.1, 0.15) is 29.5 Å². The maximum absolute atomic E-state index is 4.48. The largest absolute Gasteiger partial charge is 0.356 e. The van der Waals surface area contributed by atoms with E-state index in [9.17, 15) is 0 Å². The topological polar surface area (TPSA) is 36.4 Å². The van der Waals surface area contributed by atoms with Gasteiger partial charge in [0.15, 0.2) is 5.96 Å². The highest BCUT2D eigenvalue weighted by Gasteiger charge is 2.02. The van der Waals surface area contributed by atoms with E-state index >= 15 is 0 Å². The SMILES string of the molecule is Cc1cc(C)cc(CCNC2=NCCCCN2)c1. The molecule has 0 atom stereocenters. The Morgan fingerprint density at radius 3 is 2.72 bits per heavy atom. The van der Waals surface area contributed by atoms with Gasteiger partial charge in [-0.25, -0.2) is 0 Å². The van der Waals surface area contributed by atoms with E-state index in [1.54, 1.807) is 0 Å². The van der Waals surface area contributed by atoms with Crippen LogP contribution in [0.5, 0.6) is 0 Å². The van der Waals surface area contributed by atoms with Crippen molar-refractivity contribution in [2.45, 2.75) is 33.1 Å². The quantitative estimate of drug-likeness (QED) is 0.856. The van der Waals surface area contributed by atoms with Crippen molar-refractivity contribution in [3.05, 3.63) is 34.9 Å². The number of rotatable bonds is 3. The Kier molecular flexibility index (Phi) is 4.62. The summed E-state index contributed by atoms with van der Waals surface area (Å²) in [6, 6.07) is 6.74. The van der Waals surface area contributed by atoms with E-state index in [1.807, 2.05) is 0 Å².